The number of nitrogens with zero attached hydrogens (tertiary/aromatic N) is 2. The lowest BCUT2D eigenvalue weighted by Crippen LogP contribution is -2.29. The molecule has 164 valence electrons. The number of hydrogen-bond donors (Lipinski definition) is 1. The number of thiazole rings is 1. The first kappa shape index (κ1) is 21.2. The maximum atomic E-state index is 13.7. The van der Waals surface area contributed by atoms with E-state index in [-0.39, 0.29) is 16.3 Å². The molecular formula is C24H13ClF2N2O3S. The van der Waals surface area contributed by atoms with Crippen LogP contribution >= 0.6 is 22.9 Å². The van der Waals surface area contributed by atoms with Gasteiger partial charge in [-0.2, -0.15) is 0 Å². The highest BCUT2D eigenvalue weighted by Gasteiger charge is 2.48. The second kappa shape index (κ2) is 8.06. The number of hydrogen-bond acceptors (Lipinski definition) is 5. The molecule has 0 aliphatic carbocycles. The normalized spacial score (nSPS) is 17.8. The highest BCUT2D eigenvalue weighted by Crippen LogP contribution is 2.44. The van der Waals surface area contributed by atoms with Crippen LogP contribution in [-0.2, 0) is 9.59 Å². The first-order valence-corrected chi connectivity index (χ1v) is 10.9. The van der Waals surface area contributed by atoms with Crippen LogP contribution in [0.2, 0.25) is 5.02 Å². The van der Waals surface area contributed by atoms with Gasteiger partial charge in [-0.15, -0.1) is 0 Å². The molecule has 1 aliphatic heterocycles. The van der Waals surface area contributed by atoms with E-state index in [1.165, 1.54) is 35.2 Å². The summed E-state index contributed by atoms with van der Waals surface area (Å²) in [6.45, 7) is 0. The third kappa shape index (κ3) is 3.67. The van der Waals surface area contributed by atoms with Crippen molar-refractivity contribution in [3.8, 4) is 0 Å². The second-order valence-electron chi connectivity index (χ2n) is 7.34. The van der Waals surface area contributed by atoms with E-state index in [2.05, 4.69) is 4.98 Å². The van der Waals surface area contributed by atoms with Crippen molar-refractivity contribution < 1.29 is 23.5 Å². The monoisotopic (exact) mass is 482 g/mol. The number of carbonyl (C=O) groups excluding carboxylic acids is 2. The summed E-state index contributed by atoms with van der Waals surface area (Å²) in [5.41, 5.74) is 0.921. The van der Waals surface area contributed by atoms with Crippen molar-refractivity contribution in [1.29, 1.82) is 0 Å². The van der Waals surface area contributed by atoms with E-state index in [1.54, 1.807) is 24.3 Å². The molecule has 0 radical (unpaired) electrons. The number of fused-ring (bicyclic) bond motifs is 1. The van der Waals surface area contributed by atoms with Crippen molar-refractivity contribution in [2.45, 2.75) is 6.04 Å². The van der Waals surface area contributed by atoms with Crippen molar-refractivity contribution >= 4 is 55.7 Å². The van der Waals surface area contributed by atoms with Crippen LogP contribution in [0.3, 0.4) is 0 Å². The first-order valence-electron chi connectivity index (χ1n) is 9.72. The van der Waals surface area contributed by atoms with Gasteiger partial charge in [-0.1, -0.05) is 35.1 Å². The van der Waals surface area contributed by atoms with Crippen molar-refractivity contribution in [3.05, 3.63) is 100 Å². The summed E-state index contributed by atoms with van der Waals surface area (Å²) in [5, 5.41) is 11.5. The Morgan fingerprint density at radius 3 is 2.45 bits per heavy atom. The number of aliphatic hydroxyl groups excluding tert-OH is 1. The van der Waals surface area contributed by atoms with Crippen LogP contribution < -0.4 is 4.90 Å². The van der Waals surface area contributed by atoms with Crippen LogP contribution in [0.25, 0.3) is 16.0 Å². The van der Waals surface area contributed by atoms with Gasteiger partial charge in [0.25, 0.3) is 5.78 Å². The summed E-state index contributed by atoms with van der Waals surface area (Å²) in [4.78, 5) is 31.8. The molecule has 0 unspecified atom stereocenters. The second-order valence-corrected chi connectivity index (χ2v) is 8.79. The van der Waals surface area contributed by atoms with E-state index in [0.29, 0.717) is 20.8 Å². The molecule has 1 amide bonds. The molecule has 1 saturated heterocycles. The van der Waals surface area contributed by atoms with Gasteiger partial charge in [0.1, 0.15) is 17.4 Å². The van der Waals surface area contributed by atoms with Gasteiger partial charge in [-0.05, 0) is 60.2 Å². The highest BCUT2D eigenvalue weighted by molar-refractivity contribution is 7.22. The minimum Gasteiger partial charge on any atom is -0.507 e. The Bertz CT molecular complexity index is 1470. The minimum absolute atomic E-state index is 0.167. The number of Topliss-reactive ketones (excluding diaryl/α,β-unsaturated/α-hetero) is 1. The molecule has 5 rings (SSSR count). The Hall–Kier alpha value is -3.62. The van der Waals surface area contributed by atoms with Crippen LogP contribution in [0.5, 0.6) is 0 Å². The molecule has 0 spiro atoms. The van der Waals surface area contributed by atoms with Crippen LogP contribution in [-0.4, -0.2) is 21.8 Å². The zero-order valence-corrected chi connectivity index (χ0v) is 18.2. The van der Waals surface area contributed by atoms with Crippen molar-refractivity contribution in [1.82, 2.24) is 4.98 Å². The highest BCUT2D eigenvalue weighted by atomic mass is 35.5. The molecule has 2 heterocycles. The van der Waals surface area contributed by atoms with E-state index in [1.807, 2.05) is 0 Å². The Morgan fingerprint density at radius 2 is 1.73 bits per heavy atom. The molecule has 0 bridgehead atoms. The Labute approximate surface area is 195 Å². The van der Waals surface area contributed by atoms with Gasteiger partial charge in [0.05, 0.1) is 21.8 Å². The third-order valence-corrected chi connectivity index (χ3v) is 6.52. The molecule has 9 heteroatoms. The largest absolute Gasteiger partial charge is 0.507 e. The fourth-order valence-electron chi connectivity index (χ4n) is 3.77. The number of rotatable bonds is 3. The maximum Gasteiger partial charge on any atom is 0.301 e. The molecule has 1 fully saturated rings. The van der Waals surface area contributed by atoms with Gasteiger partial charge in [-0.25, -0.2) is 13.8 Å². The van der Waals surface area contributed by atoms with Crippen LogP contribution in [0.15, 0.2) is 72.3 Å². The summed E-state index contributed by atoms with van der Waals surface area (Å²) >= 11 is 7.21. The Balaban J connectivity index is 1.74. The SMILES string of the molecule is O=C1C(=O)N(c2nc3ccc(F)cc3s2)[C@H](c2cccc(Cl)c2)C1=C(O)c1ccc(F)cc1. The van der Waals surface area contributed by atoms with Crippen molar-refractivity contribution in [2.75, 3.05) is 4.90 Å². The first-order chi connectivity index (χ1) is 15.8. The van der Waals surface area contributed by atoms with Crippen LogP contribution in [0.1, 0.15) is 17.2 Å². The van der Waals surface area contributed by atoms with Gasteiger partial charge in [0.15, 0.2) is 5.13 Å². The van der Waals surface area contributed by atoms with Gasteiger partial charge < -0.3 is 5.11 Å². The number of carbonyl (C=O) groups is 2. The fraction of sp³-hybridized carbons (Fsp3) is 0.0417. The standard InChI is InChI=1S/C24H13ClF2N2O3S/c25-14-3-1-2-13(10-14)20-19(21(30)12-4-6-15(26)7-5-12)22(31)23(32)29(20)24-28-17-9-8-16(27)11-18(17)33-24/h1-11,20,30H/t20-/m1/s1. The minimum atomic E-state index is -1.04. The number of aromatic nitrogens is 1. The summed E-state index contributed by atoms with van der Waals surface area (Å²) in [5.74, 6) is -3.24. The lowest BCUT2D eigenvalue weighted by Gasteiger charge is -2.23. The zero-order chi connectivity index (χ0) is 23.3. The summed E-state index contributed by atoms with van der Waals surface area (Å²) in [6, 6.07) is 14.4. The van der Waals surface area contributed by atoms with Crippen molar-refractivity contribution in [2.24, 2.45) is 0 Å². The van der Waals surface area contributed by atoms with Crippen LogP contribution in [0.4, 0.5) is 13.9 Å². The number of halogens is 3. The maximum absolute atomic E-state index is 13.7. The van der Waals surface area contributed by atoms with E-state index >= 15 is 0 Å². The molecule has 0 saturated carbocycles. The molecule has 33 heavy (non-hydrogen) atoms. The predicted octanol–water partition coefficient (Wildman–Crippen LogP) is 5.85. The topological polar surface area (TPSA) is 70.5 Å². The average molecular weight is 483 g/mol. The smallest absolute Gasteiger partial charge is 0.301 e. The Kier molecular flexibility index (Phi) is 5.19. The third-order valence-electron chi connectivity index (χ3n) is 5.27. The molecule has 1 N–H and O–H groups in total. The molecule has 1 aromatic heterocycles. The van der Waals surface area contributed by atoms with E-state index < -0.39 is 35.1 Å². The van der Waals surface area contributed by atoms with E-state index in [9.17, 15) is 23.5 Å². The Morgan fingerprint density at radius 1 is 1.00 bits per heavy atom. The fourth-order valence-corrected chi connectivity index (χ4v) is 4.99. The van der Waals surface area contributed by atoms with Gasteiger partial charge in [-0.3, -0.25) is 14.5 Å². The number of aliphatic hydroxyl groups is 1. The van der Waals surface area contributed by atoms with Gasteiger partial charge in [0, 0.05) is 10.6 Å². The quantitative estimate of drug-likeness (QED) is 0.226. The summed E-state index contributed by atoms with van der Waals surface area (Å²) < 4.78 is 27.6. The number of amides is 1. The molecular weight excluding hydrogens is 470 g/mol. The lowest BCUT2D eigenvalue weighted by molar-refractivity contribution is -0.132. The molecule has 1 atom stereocenters. The zero-order valence-electron chi connectivity index (χ0n) is 16.6. The van der Waals surface area contributed by atoms with E-state index in [0.717, 1.165) is 23.5 Å². The lowest BCUT2D eigenvalue weighted by atomic mass is 9.95. The van der Waals surface area contributed by atoms with Crippen LogP contribution in [0, 0.1) is 11.6 Å². The number of ketones is 1. The van der Waals surface area contributed by atoms with Gasteiger partial charge >= 0.3 is 5.91 Å². The molecule has 3 aromatic carbocycles. The summed E-state index contributed by atoms with van der Waals surface area (Å²) in [6.07, 6.45) is 0. The molecule has 1 aliphatic rings. The predicted molar refractivity (Wildman–Crippen MR) is 122 cm³/mol. The molecule has 5 nitrogen and oxygen atoms in total. The molecule has 4 aromatic rings. The average Bonchev–Trinajstić information content (AvgIpc) is 3.32. The van der Waals surface area contributed by atoms with Crippen molar-refractivity contribution in [3.63, 3.8) is 0 Å². The summed E-state index contributed by atoms with van der Waals surface area (Å²) in [7, 11) is 0. The number of anilines is 1. The number of benzene rings is 3. The van der Waals surface area contributed by atoms with Gasteiger partial charge in [0.2, 0.25) is 0 Å². The van der Waals surface area contributed by atoms with E-state index in [4.69, 9.17) is 11.6 Å².